The average Bonchev–Trinajstić information content (AvgIpc) is 3.64. The molecular formula is C26H44N7O17P3S. The van der Waals surface area contributed by atoms with Gasteiger partial charge in [0.15, 0.2) is 22.8 Å². The van der Waals surface area contributed by atoms with Gasteiger partial charge in [-0.25, -0.2) is 28.6 Å². The van der Waals surface area contributed by atoms with Gasteiger partial charge in [-0.3, -0.25) is 32.5 Å². The monoisotopic (exact) mass is 851 g/mol. The number of carbonyl (C=O) groups is 3. The Morgan fingerprint density at radius 1 is 1.07 bits per heavy atom. The maximum absolute atomic E-state index is 12.7. The summed E-state index contributed by atoms with van der Waals surface area (Å²) in [7, 11) is -16.4. The first kappa shape index (κ1) is 45.9. The fraction of sp³-hybridized carbons (Fsp3) is 0.692. The highest BCUT2D eigenvalue weighted by Gasteiger charge is 2.50. The van der Waals surface area contributed by atoms with Crippen LogP contribution < -0.4 is 16.4 Å². The summed E-state index contributed by atoms with van der Waals surface area (Å²) in [4.78, 5) is 87.3. The number of nitrogens with zero attached hydrogens (tertiary/aromatic N) is 4. The molecule has 3 rings (SSSR count). The molecule has 2 aromatic heterocycles. The minimum absolute atomic E-state index is 0.0173. The van der Waals surface area contributed by atoms with Crippen molar-refractivity contribution in [2.45, 2.75) is 71.2 Å². The Kier molecular flexibility index (Phi) is 16.3. The van der Waals surface area contributed by atoms with Gasteiger partial charge >= 0.3 is 23.5 Å². The molecule has 2 amide bonds. The average molecular weight is 852 g/mol. The predicted molar refractivity (Wildman–Crippen MR) is 187 cm³/mol. The van der Waals surface area contributed by atoms with Crippen molar-refractivity contribution in [2.75, 3.05) is 37.8 Å². The normalized spacial score (nSPS) is 22.6. The molecule has 1 fully saturated rings. The number of aliphatic hydroxyl groups excluding tert-OH is 2. The Morgan fingerprint density at radius 2 is 1.74 bits per heavy atom. The zero-order valence-electron chi connectivity index (χ0n) is 29.4. The molecule has 0 aromatic carbocycles. The summed E-state index contributed by atoms with van der Waals surface area (Å²) < 4.78 is 62.0. The van der Waals surface area contributed by atoms with Gasteiger partial charge in [-0.15, -0.1) is 0 Å². The zero-order valence-corrected chi connectivity index (χ0v) is 32.9. The van der Waals surface area contributed by atoms with Crippen LogP contribution in [0.15, 0.2) is 12.7 Å². The Bertz CT molecular complexity index is 1780. The fourth-order valence-electron chi connectivity index (χ4n) is 4.59. The number of hydrogen-bond donors (Lipinski definition) is 9. The van der Waals surface area contributed by atoms with Crippen LogP contribution in [0.3, 0.4) is 0 Å². The highest BCUT2D eigenvalue weighted by atomic mass is 32.2. The molecule has 28 heteroatoms. The number of phosphoric acid groups is 3. The lowest BCUT2D eigenvalue weighted by molar-refractivity contribution is -0.137. The van der Waals surface area contributed by atoms with Gasteiger partial charge in [0.05, 0.1) is 19.5 Å². The van der Waals surface area contributed by atoms with E-state index in [0.29, 0.717) is 12.2 Å². The van der Waals surface area contributed by atoms with Crippen molar-refractivity contribution >= 4 is 69.1 Å². The van der Waals surface area contributed by atoms with E-state index in [4.69, 9.17) is 19.5 Å². The van der Waals surface area contributed by atoms with Gasteiger partial charge in [0.1, 0.15) is 36.3 Å². The van der Waals surface area contributed by atoms with Gasteiger partial charge in [0.2, 0.25) is 11.8 Å². The third-order valence-corrected chi connectivity index (χ3v) is 12.0. The standard InChI is InChI=1S/C26H44N7O17P3S/c1-5-14(2)25(38)54-9-8-28-16(34)6-7-29-23(37)20(36)26(3,4)11-47-53(44,45)50-52(42,43)46-10-15-19(49-51(39,40)41)18(35)24(48-15)33-13-32-17-21(27)30-12-31-22(17)33/h12-15,18-20,24,35-36H,5-11H2,1-4H3,(H,28,34)(H,29,37)(H,42,43)(H,44,45)(H2,27,30,31)(H2,39,40,41). The molecule has 8 atom stereocenters. The van der Waals surface area contributed by atoms with Crippen molar-refractivity contribution in [1.82, 2.24) is 30.2 Å². The number of hydrogen-bond acceptors (Lipinski definition) is 18. The lowest BCUT2D eigenvalue weighted by Gasteiger charge is -2.30. The topological polar surface area (TPSA) is 364 Å². The van der Waals surface area contributed by atoms with E-state index in [2.05, 4.69) is 34.4 Å². The molecule has 1 aliphatic rings. The maximum Gasteiger partial charge on any atom is 0.481 e. The predicted octanol–water partition coefficient (Wildman–Crippen LogP) is -0.289. The van der Waals surface area contributed by atoms with Crippen LogP contribution in [0.5, 0.6) is 0 Å². The molecule has 54 heavy (non-hydrogen) atoms. The molecule has 10 N–H and O–H groups in total. The van der Waals surface area contributed by atoms with E-state index in [1.807, 2.05) is 13.8 Å². The van der Waals surface area contributed by atoms with Crippen LogP contribution in [-0.4, -0.2) is 123 Å². The summed E-state index contributed by atoms with van der Waals surface area (Å²) in [6.45, 7) is 4.23. The second kappa shape index (κ2) is 19.1. The van der Waals surface area contributed by atoms with E-state index >= 15 is 0 Å². The fourth-order valence-corrected chi connectivity index (χ4v) is 8.28. The van der Waals surface area contributed by atoms with Crippen LogP contribution in [0.1, 0.15) is 46.8 Å². The summed E-state index contributed by atoms with van der Waals surface area (Å²) >= 11 is 1.10. The van der Waals surface area contributed by atoms with Crippen LogP contribution in [-0.2, 0) is 50.7 Å². The van der Waals surface area contributed by atoms with Gasteiger partial charge < -0.3 is 50.9 Å². The Labute approximate surface area is 312 Å². The number of anilines is 1. The van der Waals surface area contributed by atoms with Crippen LogP contribution in [0.4, 0.5) is 5.82 Å². The molecule has 0 aliphatic carbocycles. The summed E-state index contributed by atoms with van der Waals surface area (Å²) in [6, 6.07) is 0. The largest absolute Gasteiger partial charge is 0.481 e. The Hall–Kier alpha value is -2.44. The third-order valence-electron chi connectivity index (χ3n) is 7.76. The van der Waals surface area contributed by atoms with Gasteiger partial charge in [-0.2, -0.15) is 4.31 Å². The van der Waals surface area contributed by atoms with Crippen molar-refractivity contribution in [3.63, 3.8) is 0 Å². The number of nitrogens with one attached hydrogen (secondary N) is 2. The molecule has 2 aromatic rings. The zero-order chi connectivity index (χ0) is 40.6. The van der Waals surface area contributed by atoms with Gasteiger partial charge in [0.25, 0.3) is 0 Å². The van der Waals surface area contributed by atoms with Crippen LogP contribution >= 0.6 is 35.2 Å². The van der Waals surface area contributed by atoms with Crippen molar-refractivity contribution in [3.8, 4) is 0 Å². The number of phosphoric ester groups is 3. The first-order valence-corrected chi connectivity index (χ1v) is 21.5. The summed E-state index contributed by atoms with van der Waals surface area (Å²) in [5.74, 6) is -1.16. The second-order valence-corrected chi connectivity index (χ2v) is 17.9. The molecule has 3 heterocycles. The number of nitrogens with two attached hydrogens (primary N) is 1. The lowest BCUT2D eigenvalue weighted by atomic mass is 9.87. The van der Waals surface area contributed by atoms with Crippen molar-refractivity contribution in [2.24, 2.45) is 11.3 Å². The number of ether oxygens (including phenoxy) is 1. The van der Waals surface area contributed by atoms with Crippen molar-refractivity contribution < 1.29 is 80.5 Å². The Balaban J connectivity index is 1.51. The number of carbonyl (C=O) groups excluding carboxylic acids is 3. The van der Waals surface area contributed by atoms with E-state index in [1.165, 1.54) is 13.8 Å². The minimum atomic E-state index is -5.56. The SMILES string of the molecule is CCC(C)C(=O)SCCNC(=O)CCNC(=O)C(O)C(C)(C)COP(=O)(O)OP(=O)(O)OCC1OC(n2cnc3c(N)ncnc32)C(O)C1OP(=O)(O)O. The number of imidazole rings is 1. The number of aliphatic hydroxyl groups is 2. The summed E-state index contributed by atoms with van der Waals surface area (Å²) in [6.07, 6.45) is -6.18. The summed E-state index contributed by atoms with van der Waals surface area (Å²) in [5, 5.41) is 26.3. The van der Waals surface area contributed by atoms with E-state index in [-0.39, 0.29) is 47.5 Å². The molecule has 0 spiro atoms. The first-order chi connectivity index (χ1) is 25.0. The number of aromatic nitrogens is 4. The third kappa shape index (κ3) is 13.4. The van der Waals surface area contributed by atoms with Crippen LogP contribution in [0, 0.1) is 11.3 Å². The highest BCUT2D eigenvalue weighted by Crippen LogP contribution is 2.61. The van der Waals surface area contributed by atoms with E-state index in [0.717, 1.165) is 29.0 Å². The van der Waals surface area contributed by atoms with E-state index in [9.17, 15) is 57.9 Å². The molecule has 0 saturated carbocycles. The lowest BCUT2D eigenvalue weighted by Crippen LogP contribution is -2.46. The van der Waals surface area contributed by atoms with E-state index in [1.54, 1.807) is 0 Å². The quantitative estimate of drug-likeness (QED) is 0.0575. The van der Waals surface area contributed by atoms with Gasteiger partial charge in [0, 0.05) is 36.6 Å². The van der Waals surface area contributed by atoms with Gasteiger partial charge in [-0.05, 0) is 6.42 Å². The Morgan fingerprint density at radius 3 is 2.39 bits per heavy atom. The van der Waals surface area contributed by atoms with E-state index < -0.39 is 84.6 Å². The van der Waals surface area contributed by atoms with Crippen LogP contribution in [0.2, 0.25) is 0 Å². The van der Waals surface area contributed by atoms with Gasteiger partial charge in [-0.1, -0.05) is 39.5 Å². The molecule has 24 nitrogen and oxygen atoms in total. The molecule has 8 unspecified atom stereocenters. The number of amides is 2. The second-order valence-electron chi connectivity index (χ2n) is 12.5. The molecule has 306 valence electrons. The molecule has 0 bridgehead atoms. The molecule has 1 saturated heterocycles. The minimum Gasteiger partial charge on any atom is -0.386 e. The summed E-state index contributed by atoms with van der Waals surface area (Å²) in [5.41, 5.74) is 4.27. The first-order valence-electron chi connectivity index (χ1n) is 16.0. The molecule has 0 radical (unpaired) electrons. The smallest absolute Gasteiger partial charge is 0.386 e. The maximum atomic E-state index is 12.7. The van der Waals surface area contributed by atoms with Crippen LogP contribution in [0.25, 0.3) is 11.2 Å². The molecule has 1 aliphatic heterocycles. The molecular weight excluding hydrogens is 807 g/mol. The number of fused-ring (bicyclic) bond motifs is 1. The van der Waals surface area contributed by atoms with Crippen molar-refractivity contribution in [1.29, 1.82) is 0 Å². The number of rotatable bonds is 21. The highest BCUT2D eigenvalue weighted by molar-refractivity contribution is 8.13. The number of nitrogen functional groups attached to an aromatic ring is 1. The number of thioether (sulfide) groups is 1. The van der Waals surface area contributed by atoms with Crippen molar-refractivity contribution in [3.05, 3.63) is 12.7 Å².